The molecule has 0 atom stereocenters. The van der Waals surface area contributed by atoms with Gasteiger partial charge in [-0.15, -0.1) is 0 Å². The maximum absolute atomic E-state index is 12.2. The maximum atomic E-state index is 12.2. The standard InChI is InChI=1S/C17H13ClF3N3O2/c1-10(23-24-15(25)13-4-2-3-5-14(13)18)11-6-8-12(9-7-11)22-16(26)17(19,20)21/h2-9H,1H3,(H,22,26)(H,24,25). The van der Waals surface area contributed by atoms with Gasteiger partial charge >= 0.3 is 12.1 Å². The van der Waals surface area contributed by atoms with Crippen molar-refractivity contribution in [2.45, 2.75) is 13.1 Å². The number of benzene rings is 2. The van der Waals surface area contributed by atoms with Crippen LogP contribution in [0, 0.1) is 0 Å². The molecule has 0 radical (unpaired) electrons. The molecule has 2 aromatic carbocycles. The lowest BCUT2D eigenvalue weighted by Gasteiger charge is -2.09. The van der Waals surface area contributed by atoms with E-state index in [9.17, 15) is 22.8 Å². The first-order valence-electron chi connectivity index (χ1n) is 7.26. The van der Waals surface area contributed by atoms with Gasteiger partial charge in [0.25, 0.3) is 5.91 Å². The van der Waals surface area contributed by atoms with Crippen LogP contribution in [-0.2, 0) is 4.79 Å². The first-order chi connectivity index (χ1) is 12.2. The third-order valence-electron chi connectivity index (χ3n) is 3.26. The van der Waals surface area contributed by atoms with Crippen molar-refractivity contribution in [3.63, 3.8) is 0 Å². The van der Waals surface area contributed by atoms with E-state index in [0.29, 0.717) is 11.3 Å². The second kappa shape index (κ2) is 8.01. The maximum Gasteiger partial charge on any atom is 0.471 e. The summed E-state index contributed by atoms with van der Waals surface area (Å²) in [5.41, 5.74) is 3.57. The van der Waals surface area contributed by atoms with Crippen molar-refractivity contribution in [3.05, 3.63) is 64.7 Å². The van der Waals surface area contributed by atoms with E-state index in [1.54, 1.807) is 36.5 Å². The molecule has 26 heavy (non-hydrogen) atoms. The zero-order valence-corrected chi connectivity index (χ0v) is 14.2. The van der Waals surface area contributed by atoms with Gasteiger partial charge in [-0.1, -0.05) is 35.9 Å². The Bertz CT molecular complexity index is 849. The molecule has 9 heteroatoms. The quantitative estimate of drug-likeness (QED) is 0.619. The number of alkyl halides is 3. The average molecular weight is 384 g/mol. The molecule has 2 amide bonds. The Morgan fingerprint density at radius 2 is 1.65 bits per heavy atom. The highest BCUT2D eigenvalue weighted by Crippen LogP contribution is 2.19. The first-order valence-corrected chi connectivity index (χ1v) is 7.64. The minimum absolute atomic E-state index is 0.0102. The van der Waals surface area contributed by atoms with Crippen LogP contribution in [0.1, 0.15) is 22.8 Å². The molecule has 0 aliphatic carbocycles. The van der Waals surface area contributed by atoms with Crippen molar-refractivity contribution in [1.82, 2.24) is 5.43 Å². The van der Waals surface area contributed by atoms with E-state index in [0.717, 1.165) is 0 Å². The Morgan fingerprint density at radius 3 is 2.23 bits per heavy atom. The van der Waals surface area contributed by atoms with Gasteiger partial charge in [0.15, 0.2) is 0 Å². The van der Waals surface area contributed by atoms with E-state index >= 15 is 0 Å². The van der Waals surface area contributed by atoms with Crippen LogP contribution in [0.2, 0.25) is 5.02 Å². The van der Waals surface area contributed by atoms with Crippen molar-refractivity contribution in [2.75, 3.05) is 5.32 Å². The molecule has 0 saturated heterocycles. The molecule has 0 heterocycles. The molecule has 2 N–H and O–H groups in total. The lowest BCUT2D eigenvalue weighted by atomic mass is 10.1. The molecule has 0 aromatic heterocycles. The van der Waals surface area contributed by atoms with Crippen molar-refractivity contribution in [3.8, 4) is 0 Å². The van der Waals surface area contributed by atoms with Crippen LogP contribution in [0.25, 0.3) is 0 Å². The Labute approximate surface area is 151 Å². The Balaban J connectivity index is 2.04. The van der Waals surface area contributed by atoms with Gasteiger partial charge in [0.05, 0.1) is 16.3 Å². The van der Waals surface area contributed by atoms with E-state index in [-0.39, 0.29) is 16.3 Å². The summed E-state index contributed by atoms with van der Waals surface area (Å²) in [6.07, 6.45) is -4.96. The van der Waals surface area contributed by atoms with E-state index in [1.807, 2.05) is 0 Å². The Kier molecular flexibility index (Phi) is 5.99. The average Bonchev–Trinajstić information content (AvgIpc) is 2.59. The monoisotopic (exact) mass is 383 g/mol. The topological polar surface area (TPSA) is 70.6 Å². The number of hydrogen-bond acceptors (Lipinski definition) is 3. The number of nitrogens with zero attached hydrogens (tertiary/aromatic N) is 1. The molecular weight excluding hydrogens is 371 g/mol. The van der Waals surface area contributed by atoms with Crippen LogP contribution < -0.4 is 10.7 Å². The van der Waals surface area contributed by atoms with Crippen LogP contribution in [-0.4, -0.2) is 23.7 Å². The van der Waals surface area contributed by atoms with Gasteiger partial charge in [0.1, 0.15) is 0 Å². The molecule has 0 aliphatic heterocycles. The summed E-state index contributed by atoms with van der Waals surface area (Å²) in [6, 6.07) is 12.0. The molecule has 2 aromatic rings. The van der Waals surface area contributed by atoms with Crippen LogP contribution in [0.15, 0.2) is 53.6 Å². The fourth-order valence-electron chi connectivity index (χ4n) is 1.90. The van der Waals surface area contributed by atoms with Crippen LogP contribution in [0.3, 0.4) is 0 Å². The summed E-state index contributed by atoms with van der Waals surface area (Å²) in [5, 5.41) is 5.95. The van der Waals surface area contributed by atoms with Gasteiger partial charge in [-0.2, -0.15) is 18.3 Å². The Hall–Kier alpha value is -2.87. The fraction of sp³-hybridized carbons (Fsp3) is 0.118. The van der Waals surface area contributed by atoms with E-state index in [2.05, 4.69) is 10.5 Å². The zero-order valence-electron chi connectivity index (χ0n) is 13.4. The number of rotatable bonds is 4. The smallest absolute Gasteiger partial charge is 0.318 e. The van der Waals surface area contributed by atoms with Crippen LogP contribution in [0.5, 0.6) is 0 Å². The van der Waals surface area contributed by atoms with Gasteiger partial charge < -0.3 is 5.32 Å². The van der Waals surface area contributed by atoms with Crippen molar-refractivity contribution < 1.29 is 22.8 Å². The molecule has 2 rings (SSSR count). The highest BCUT2D eigenvalue weighted by atomic mass is 35.5. The highest BCUT2D eigenvalue weighted by molar-refractivity contribution is 6.33. The first kappa shape index (κ1) is 19.5. The van der Waals surface area contributed by atoms with Crippen LogP contribution >= 0.6 is 11.6 Å². The second-order valence-electron chi connectivity index (χ2n) is 5.15. The summed E-state index contributed by atoms with van der Waals surface area (Å²) in [4.78, 5) is 22.9. The minimum Gasteiger partial charge on any atom is -0.318 e. The summed E-state index contributed by atoms with van der Waals surface area (Å²) in [6.45, 7) is 1.61. The number of hydrogen-bond donors (Lipinski definition) is 2. The second-order valence-corrected chi connectivity index (χ2v) is 5.55. The molecule has 0 fully saturated rings. The van der Waals surface area contributed by atoms with Crippen LogP contribution in [0.4, 0.5) is 18.9 Å². The van der Waals surface area contributed by atoms with Gasteiger partial charge in [0.2, 0.25) is 0 Å². The number of amides is 2. The summed E-state index contributed by atoms with van der Waals surface area (Å²) in [5.74, 6) is -2.55. The lowest BCUT2D eigenvalue weighted by Crippen LogP contribution is -2.29. The highest BCUT2D eigenvalue weighted by Gasteiger charge is 2.38. The third kappa shape index (κ3) is 5.06. The van der Waals surface area contributed by atoms with E-state index in [4.69, 9.17) is 11.6 Å². The SMILES string of the molecule is CC(=NNC(=O)c1ccccc1Cl)c1ccc(NC(=O)C(F)(F)F)cc1. The van der Waals surface area contributed by atoms with Crippen molar-refractivity contribution >= 4 is 34.8 Å². The van der Waals surface area contributed by atoms with Gasteiger partial charge in [0, 0.05) is 5.69 Å². The Morgan fingerprint density at radius 1 is 1.04 bits per heavy atom. The minimum atomic E-state index is -4.96. The number of anilines is 1. The predicted molar refractivity (Wildman–Crippen MR) is 92.3 cm³/mol. The molecular formula is C17H13ClF3N3O2. The largest absolute Gasteiger partial charge is 0.471 e. The molecule has 0 unspecified atom stereocenters. The molecule has 0 bridgehead atoms. The fourth-order valence-corrected chi connectivity index (χ4v) is 2.12. The van der Waals surface area contributed by atoms with E-state index in [1.165, 1.54) is 24.3 Å². The molecule has 136 valence electrons. The van der Waals surface area contributed by atoms with Gasteiger partial charge in [-0.05, 0) is 36.8 Å². The summed E-state index contributed by atoms with van der Waals surface area (Å²) >= 11 is 5.92. The normalized spacial score (nSPS) is 11.8. The zero-order chi connectivity index (χ0) is 19.3. The molecule has 0 aliphatic rings. The third-order valence-corrected chi connectivity index (χ3v) is 3.59. The van der Waals surface area contributed by atoms with Gasteiger partial charge in [-0.3, -0.25) is 9.59 Å². The van der Waals surface area contributed by atoms with Gasteiger partial charge in [-0.25, -0.2) is 5.43 Å². The number of halogens is 4. The number of carbonyl (C=O) groups excluding carboxylic acids is 2. The molecule has 0 spiro atoms. The molecule has 0 saturated carbocycles. The predicted octanol–water partition coefficient (Wildman–Crippen LogP) is 3.99. The molecule has 5 nitrogen and oxygen atoms in total. The van der Waals surface area contributed by atoms with Crippen molar-refractivity contribution in [1.29, 1.82) is 0 Å². The van der Waals surface area contributed by atoms with E-state index < -0.39 is 18.0 Å². The number of hydrazone groups is 1. The lowest BCUT2D eigenvalue weighted by molar-refractivity contribution is -0.167. The number of nitrogens with one attached hydrogen (secondary N) is 2. The van der Waals surface area contributed by atoms with Crippen molar-refractivity contribution in [2.24, 2.45) is 5.10 Å². The summed E-state index contributed by atoms with van der Waals surface area (Å²) in [7, 11) is 0. The summed E-state index contributed by atoms with van der Waals surface area (Å²) < 4.78 is 36.6. The number of carbonyl (C=O) groups is 2.